The van der Waals surface area contributed by atoms with Crippen LogP contribution in [0.3, 0.4) is 0 Å². The van der Waals surface area contributed by atoms with Gasteiger partial charge in [0.2, 0.25) is 0 Å². The van der Waals surface area contributed by atoms with Crippen LogP contribution >= 0.6 is 11.6 Å². The minimum Gasteiger partial charge on any atom is -0.337 e. The summed E-state index contributed by atoms with van der Waals surface area (Å²) in [5.74, 6) is 0.00698. The molecular formula is C20H26ClN5O. The quantitative estimate of drug-likeness (QED) is 0.875. The summed E-state index contributed by atoms with van der Waals surface area (Å²) < 4.78 is 1.76. The average molecular weight is 388 g/mol. The fourth-order valence-corrected chi connectivity index (χ4v) is 4.48. The second-order valence-corrected chi connectivity index (χ2v) is 8.18. The van der Waals surface area contributed by atoms with Crippen LogP contribution in [0.4, 0.5) is 0 Å². The van der Waals surface area contributed by atoms with Gasteiger partial charge in [-0.3, -0.25) is 4.79 Å². The number of nitrogens with one attached hydrogen (secondary N) is 1. The molecule has 1 aromatic heterocycles. The van der Waals surface area contributed by atoms with E-state index in [1.165, 1.54) is 6.42 Å². The van der Waals surface area contributed by atoms with Crippen LogP contribution in [0, 0.1) is 5.41 Å². The third-order valence-corrected chi connectivity index (χ3v) is 6.18. The summed E-state index contributed by atoms with van der Waals surface area (Å²) in [4.78, 5) is 15.1. The molecular weight excluding hydrogens is 362 g/mol. The maximum Gasteiger partial charge on any atom is 0.276 e. The molecule has 2 aliphatic rings. The minimum absolute atomic E-state index is 0.00698. The van der Waals surface area contributed by atoms with Gasteiger partial charge >= 0.3 is 0 Å². The van der Waals surface area contributed by atoms with Gasteiger partial charge in [-0.1, -0.05) is 36.2 Å². The SMILES string of the molecule is CCCc1c(C(=O)N2CCC3(CCNC3)CC2)nnn1-c1cccc(Cl)c1. The number of carbonyl (C=O) groups is 1. The number of halogens is 1. The lowest BCUT2D eigenvalue weighted by atomic mass is 9.78. The Hall–Kier alpha value is -1.92. The highest BCUT2D eigenvalue weighted by molar-refractivity contribution is 6.30. The van der Waals surface area contributed by atoms with E-state index in [-0.39, 0.29) is 5.91 Å². The summed E-state index contributed by atoms with van der Waals surface area (Å²) >= 11 is 6.13. The first-order chi connectivity index (χ1) is 13.1. The zero-order valence-corrected chi connectivity index (χ0v) is 16.5. The fourth-order valence-electron chi connectivity index (χ4n) is 4.30. The summed E-state index contributed by atoms with van der Waals surface area (Å²) in [7, 11) is 0. The van der Waals surface area contributed by atoms with Crippen molar-refractivity contribution in [3.05, 3.63) is 40.7 Å². The van der Waals surface area contributed by atoms with Crippen LogP contribution in [0.5, 0.6) is 0 Å². The number of piperidine rings is 1. The minimum atomic E-state index is 0.00698. The van der Waals surface area contributed by atoms with Gasteiger partial charge in [0.1, 0.15) is 0 Å². The van der Waals surface area contributed by atoms with Crippen LogP contribution in [0.2, 0.25) is 5.02 Å². The van der Waals surface area contributed by atoms with Gasteiger partial charge in [-0.25, -0.2) is 4.68 Å². The van der Waals surface area contributed by atoms with E-state index in [4.69, 9.17) is 11.6 Å². The lowest BCUT2D eigenvalue weighted by molar-refractivity contribution is 0.0600. The Kier molecular flexibility index (Phi) is 5.19. The smallest absolute Gasteiger partial charge is 0.276 e. The zero-order valence-electron chi connectivity index (χ0n) is 15.7. The second-order valence-electron chi connectivity index (χ2n) is 7.75. The number of benzene rings is 1. The first-order valence-electron chi connectivity index (χ1n) is 9.82. The fraction of sp³-hybridized carbons (Fsp3) is 0.550. The Labute approximate surface area is 164 Å². The molecule has 27 heavy (non-hydrogen) atoms. The highest BCUT2D eigenvalue weighted by atomic mass is 35.5. The summed E-state index contributed by atoms with van der Waals surface area (Å²) in [5, 5.41) is 12.7. The molecule has 1 aromatic carbocycles. The van der Waals surface area contributed by atoms with Crippen molar-refractivity contribution >= 4 is 17.5 Å². The summed E-state index contributed by atoms with van der Waals surface area (Å²) in [5.41, 5.74) is 2.58. The van der Waals surface area contributed by atoms with Gasteiger partial charge in [0.15, 0.2) is 5.69 Å². The van der Waals surface area contributed by atoms with Crippen molar-refractivity contribution in [3.8, 4) is 5.69 Å². The van der Waals surface area contributed by atoms with Crippen LogP contribution in [0.15, 0.2) is 24.3 Å². The first kappa shape index (κ1) is 18.4. The van der Waals surface area contributed by atoms with Crippen LogP contribution in [0.1, 0.15) is 48.8 Å². The van der Waals surface area contributed by atoms with Gasteiger partial charge in [0, 0.05) is 24.7 Å². The van der Waals surface area contributed by atoms with Crippen molar-refractivity contribution in [3.63, 3.8) is 0 Å². The Morgan fingerprint density at radius 1 is 1.30 bits per heavy atom. The van der Waals surface area contributed by atoms with Crippen LogP contribution < -0.4 is 5.32 Å². The number of hydrogen-bond donors (Lipinski definition) is 1. The van der Waals surface area contributed by atoms with Crippen molar-refractivity contribution in [1.29, 1.82) is 0 Å². The molecule has 0 unspecified atom stereocenters. The van der Waals surface area contributed by atoms with Gasteiger partial charge in [-0.05, 0) is 55.8 Å². The number of likely N-dealkylation sites (tertiary alicyclic amines) is 1. The first-order valence-corrected chi connectivity index (χ1v) is 10.2. The number of nitrogens with zero attached hydrogens (tertiary/aromatic N) is 4. The molecule has 0 radical (unpaired) electrons. The van der Waals surface area contributed by atoms with Crippen molar-refractivity contribution in [2.45, 2.75) is 39.0 Å². The van der Waals surface area contributed by atoms with Crippen LogP contribution in [0.25, 0.3) is 5.69 Å². The van der Waals surface area contributed by atoms with E-state index in [9.17, 15) is 4.79 Å². The molecule has 2 fully saturated rings. The van der Waals surface area contributed by atoms with E-state index < -0.39 is 0 Å². The van der Waals surface area contributed by atoms with Gasteiger partial charge in [0.25, 0.3) is 5.91 Å². The molecule has 0 atom stereocenters. The Morgan fingerprint density at radius 3 is 2.78 bits per heavy atom. The Bertz CT molecular complexity index is 818. The molecule has 3 heterocycles. The maximum absolute atomic E-state index is 13.2. The van der Waals surface area contributed by atoms with E-state index in [2.05, 4.69) is 22.6 Å². The third kappa shape index (κ3) is 3.60. The molecule has 7 heteroatoms. The van der Waals surface area contributed by atoms with Gasteiger partial charge in [0.05, 0.1) is 11.4 Å². The van der Waals surface area contributed by atoms with Gasteiger partial charge in [-0.2, -0.15) is 0 Å². The topological polar surface area (TPSA) is 63.1 Å². The molecule has 0 bridgehead atoms. The predicted molar refractivity (Wildman–Crippen MR) is 105 cm³/mol. The monoisotopic (exact) mass is 387 g/mol. The van der Waals surface area contributed by atoms with E-state index in [1.54, 1.807) is 4.68 Å². The summed E-state index contributed by atoms with van der Waals surface area (Å²) in [6.07, 6.45) is 5.03. The molecule has 1 N–H and O–H groups in total. The molecule has 0 saturated carbocycles. The standard InChI is InChI=1S/C20H26ClN5O/c1-2-4-17-18(23-24-26(17)16-6-3-5-15(21)13-16)19(27)25-11-8-20(9-12-25)7-10-22-14-20/h3,5-6,13,22H,2,4,7-12,14H2,1H3. The highest BCUT2D eigenvalue weighted by Gasteiger charge is 2.39. The van der Waals surface area contributed by atoms with Crippen molar-refractivity contribution in [2.24, 2.45) is 5.41 Å². The van der Waals surface area contributed by atoms with E-state index in [0.717, 1.165) is 63.2 Å². The molecule has 2 aliphatic heterocycles. The molecule has 2 saturated heterocycles. The molecule has 6 nitrogen and oxygen atoms in total. The number of carbonyl (C=O) groups excluding carboxylic acids is 1. The molecule has 0 aliphatic carbocycles. The number of hydrogen-bond acceptors (Lipinski definition) is 4. The zero-order chi connectivity index (χ0) is 18.9. The molecule has 144 valence electrons. The predicted octanol–water partition coefficient (Wildman–Crippen LogP) is 3.09. The average Bonchev–Trinajstić information content (AvgIpc) is 3.30. The maximum atomic E-state index is 13.2. The van der Waals surface area contributed by atoms with E-state index in [1.807, 2.05) is 29.2 Å². The summed E-state index contributed by atoms with van der Waals surface area (Å²) in [6, 6.07) is 7.50. The second kappa shape index (κ2) is 7.60. The van der Waals surface area contributed by atoms with Crippen molar-refractivity contribution in [1.82, 2.24) is 25.2 Å². The van der Waals surface area contributed by atoms with Crippen molar-refractivity contribution < 1.29 is 4.79 Å². The van der Waals surface area contributed by atoms with Gasteiger partial charge < -0.3 is 10.2 Å². The molecule has 2 aromatic rings. The Morgan fingerprint density at radius 2 is 2.11 bits per heavy atom. The normalized spacial score (nSPS) is 19.0. The number of aromatic nitrogens is 3. The number of rotatable bonds is 4. The van der Waals surface area contributed by atoms with E-state index >= 15 is 0 Å². The van der Waals surface area contributed by atoms with Crippen LogP contribution in [-0.2, 0) is 6.42 Å². The molecule has 1 amide bonds. The largest absolute Gasteiger partial charge is 0.337 e. The third-order valence-electron chi connectivity index (χ3n) is 5.95. The lowest BCUT2D eigenvalue weighted by Gasteiger charge is -2.38. The van der Waals surface area contributed by atoms with Crippen molar-refractivity contribution in [2.75, 3.05) is 26.2 Å². The molecule has 1 spiro atoms. The Balaban J connectivity index is 1.57. The highest BCUT2D eigenvalue weighted by Crippen LogP contribution is 2.37. The van der Waals surface area contributed by atoms with E-state index in [0.29, 0.717) is 16.1 Å². The van der Waals surface area contributed by atoms with Gasteiger partial charge in [-0.15, -0.1) is 5.10 Å². The summed E-state index contributed by atoms with van der Waals surface area (Å²) in [6.45, 7) is 5.89. The number of amides is 1. The van der Waals surface area contributed by atoms with Crippen LogP contribution in [-0.4, -0.2) is 52.0 Å². The lowest BCUT2D eigenvalue weighted by Crippen LogP contribution is -2.44. The molecule has 4 rings (SSSR count).